The van der Waals surface area contributed by atoms with Crippen molar-refractivity contribution in [3.63, 3.8) is 0 Å². The van der Waals surface area contributed by atoms with Gasteiger partial charge in [-0.2, -0.15) is 0 Å². The number of hydrogen-bond acceptors (Lipinski definition) is 5. The number of aromatic nitrogens is 1. The van der Waals surface area contributed by atoms with Crippen molar-refractivity contribution in [3.05, 3.63) is 70.0 Å². The number of nitrogens with zero attached hydrogens (tertiary/aromatic N) is 1. The zero-order valence-electron chi connectivity index (χ0n) is 14.9. The van der Waals surface area contributed by atoms with Crippen LogP contribution < -0.4 is 10.3 Å². The van der Waals surface area contributed by atoms with E-state index >= 15 is 0 Å². The van der Waals surface area contributed by atoms with Crippen molar-refractivity contribution in [1.29, 1.82) is 0 Å². The lowest BCUT2D eigenvalue weighted by molar-refractivity contribution is -0.120. The first-order chi connectivity index (χ1) is 12.8. The second-order valence-corrected chi connectivity index (χ2v) is 8.69. The van der Waals surface area contributed by atoms with E-state index in [-0.39, 0.29) is 11.3 Å². The van der Waals surface area contributed by atoms with Crippen LogP contribution in [0.4, 0.5) is 0 Å². The minimum absolute atomic E-state index is 0.00700. The lowest BCUT2D eigenvalue weighted by atomic mass is 10.1. The maximum Gasteiger partial charge on any atom is 0.257 e. The molecule has 1 heterocycles. The van der Waals surface area contributed by atoms with Gasteiger partial charge in [0, 0.05) is 10.9 Å². The molecule has 0 spiro atoms. The van der Waals surface area contributed by atoms with Gasteiger partial charge in [0.05, 0.1) is 17.0 Å². The molecule has 2 aromatic carbocycles. The number of sulfonamides is 1. The fraction of sp³-hybridized carbons (Fsp3) is 0.158. The Morgan fingerprint density at radius 2 is 1.81 bits per heavy atom. The summed E-state index contributed by atoms with van der Waals surface area (Å²) in [6.45, 7) is 3.73. The number of rotatable bonds is 6. The minimum Gasteiger partial charge on any atom is -0.277 e. The largest absolute Gasteiger partial charge is 0.277 e. The maximum atomic E-state index is 12.3. The number of carbonyl (C=O) groups excluding carboxylic acids is 1. The van der Waals surface area contributed by atoms with Gasteiger partial charge in [0.2, 0.25) is 5.91 Å². The summed E-state index contributed by atoms with van der Waals surface area (Å²) in [5.74, 6) is -0.476. The molecule has 0 aliphatic carbocycles. The van der Waals surface area contributed by atoms with Gasteiger partial charge in [0.25, 0.3) is 10.0 Å². The molecule has 0 aliphatic heterocycles. The van der Waals surface area contributed by atoms with Crippen LogP contribution in [0.3, 0.4) is 0 Å². The van der Waals surface area contributed by atoms with Gasteiger partial charge in [-0.15, -0.1) is 16.2 Å². The second-order valence-electron chi connectivity index (χ2n) is 6.07. The summed E-state index contributed by atoms with van der Waals surface area (Å²) in [6.07, 6.45) is -0.00700. The lowest BCUT2D eigenvalue weighted by Gasteiger charge is -2.09. The van der Waals surface area contributed by atoms with E-state index in [1.54, 1.807) is 12.1 Å². The third kappa shape index (κ3) is 4.79. The normalized spacial score (nSPS) is 11.3. The predicted molar refractivity (Wildman–Crippen MR) is 106 cm³/mol. The summed E-state index contributed by atoms with van der Waals surface area (Å²) in [5.41, 5.74) is 5.86. The van der Waals surface area contributed by atoms with E-state index in [1.165, 1.54) is 17.4 Å². The van der Waals surface area contributed by atoms with E-state index in [2.05, 4.69) is 15.2 Å². The number of amides is 1. The van der Waals surface area contributed by atoms with Crippen LogP contribution in [0.5, 0.6) is 0 Å². The highest BCUT2D eigenvalue weighted by Gasteiger charge is 2.16. The van der Waals surface area contributed by atoms with E-state index in [0.717, 1.165) is 22.4 Å². The molecule has 0 aliphatic rings. The highest BCUT2D eigenvalue weighted by molar-refractivity contribution is 7.89. The molecule has 0 radical (unpaired) electrons. The topological polar surface area (TPSA) is 88.2 Å². The SMILES string of the molecule is Cc1ccc(S(=O)(=O)NNC(=O)Cc2nc(-c3ccccc3)cs2)cc1C. The fourth-order valence-electron chi connectivity index (χ4n) is 2.38. The second kappa shape index (κ2) is 7.99. The Labute approximate surface area is 162 Å². The third-order valence-corrected chi connectivity index (χ3v) is 6.14. The number of aryl methyl sites for hydroxylation is 2. The van der Waals surface area contributed by atoms with Crippen LogP contribution in [0.2, 0.25) is 0 Å². The third-order valence-electron chi connectivity index (χ3n) is 4.05. The monoisotopic (exact) mass is 401 g/mol. The summed E-state index contributed by atoms with van der Waals surface area (Å²) in [4.78, 5) is 18.7. The molecule has 2 N–H and O–H groups in total. The molecular weight excluding hydrogens is 382 g/mol. The van der Waals surface area contributed by atoms with Crippen molar-refractivity contribution in [2.75, 3.05) is 0 Å². The number of hydrazine groups is 1. The van der Waals surface area contributed by atoms with Gasteiger partial charge >= 0.3 is 0 Å². The Kier molecular flexibility index (Phi) is 5.69. The van der Waals surface area contributed by atoms with Crippen molar-refractivity contribution >= 4 is 27.3 Å². The van der Waals surface area contributed by atoms with Crippen LogP contribution >= 0.6 is 11.3 Å². The quantitative estimate of drug-likeness (QED) is 0.622. The lowest BCUT2D eigenvalue weighted by Crippen LogP contribution is -2.42. The molecule has 3 rings (SSSR count). The molecule has 0 atom stereocenters. The van der Waals surface area contributed by atoms with Crippen molar-refractivity contribution in [3.8, 4) is 11.3 Å². The molecular formula is C19H19N3O3S2. The average molecular weight is 402 g/mol. The molecule has 1 aromatic heterocycles. The molecule has 1 amide bonds. The van der Waals surface area contributed by atoms with E-state index in [9.17, 15) is 13.2 Å². The fourth-order valence-corrected chi connectivity index (χ4v) is 4.13. The van der Waals surface area contributed by atoms with Gasteiger partial charge in [-0.3, -0.25) is 10.2 Å². The molecule has 27 heavy (non-hydrogen) atoms. The number of carbonyl (C=O) groups is 1. The smallest absolute Gasteiger partial charge is 0.257 e. The minimum atomic E-state index is -3.82. The Morgan fingerprint density at radius 1 is 1.07 bits per heavy atom. The number of hydrogen-bond donors (Lipinski definition) is 2. The maximum absolute atomic E-state index is 12.3. The first-order valence-corrected chi connectivity index (χ1v) is 10.6. The molecule has 6 nitrogen and oxygen atoms in total. The van der Waals surface area contributed by atoms with Crippen LogP contribution in [0, 0.1) is 13.8 Å². The zero-order valence-corrected chi connectivity index (χ0v) is 16.5. The molecule has 0 unspecified atom stereocenters. The summed E-state index contributed by atoms with van der Waals surface area (Å²) in [5, 5.41) is 2.48. The molecule has 3 aromatic rings. The van der Waals surface area contributed by atoms with E-state index in [0.29, 0.717) is 5.01 Å². The zero-order chi connectivity index (χ0) is 19.4. The van der Waals surface area contributed by atoms with Crippen LogP contribution in [0.1, 0.15) is 16.1 Å². The Hall–Kier alpha value is -2.55. The van der Waals surface area contributed by atoms with Gasteiger partial charge in [-0.25, -0.2) is 13.4 Å². The number of nitrogens with one attached hydrogen (secondary N) is 2. The van der Waals surface area contributed by atoms with E-state index < -0.39 is 15.9 Å². The average Bonchev–Trinajstić information content (AvgIpc) is 3.11. The molecule has 0 fully saturated rings. The van der Waals surface area contributed by atoms with Crippen molar-refractivity contribution < 1.29 is 13.2 Å². The Morgan fingerprint density at radius 3 is 2.52 bits per heavy atom. The highest BCUT2D eigenvalue weighted by Crippen LogP contribution is 2.21. The first kappa shape index (κ1) is 19.2. The van der Waals surface area contributed by atoms with Crippen molar-refractivity contribution in [1.82, 2.24) is 15.2 Å². The van der Waals surface area contributed by atoms with Crippen LogP contribution in [0.15, 0.2) is 58.8 Å². The van der Waals surface area contributed by atoms with Crippen LogP contribution in [-0.2, 0) is 21.2 Å². The van der Waals surface area contributed by atoms with E-state index in [1.807, 2.05) is 49.6 Å². The standard InChI is InChI=1S/C19H19N3O3S2/c1-13-8-9-16(10-14(13)2)27(24,25)22-21-18(23)11-19-20-17(12-26-19)15-6-4-3-5-7-15/h3-10,12,22H,11H2,1-2H3,(H,21,23). The summed E-state index contributed by atoms with van der Waals surface area (Å²) >= 11 is 1.36. The molecule has 0 bridgehead atoms. The Bertz CT molecular complexity index is 1060. The predicted octanol–water partition coefficient (Wildman–Crippen LogP) is 2.98. The van der Waals surface area contributed by atoms with Gasteiger partial charge in [0.15, 0.2) is 0 Å². The van der Waals surface area contributed by atoms with Gasteiger partial charge < -0.3 is 0 Å². The van der Waals surface area contributed by atoms with Gasteiger partial charge in [-0.05, 0) is 37.1 Å². The number of benzene rings is 2. The van der Waals surface area contributed by atoms with Crippen LogP contribution in [-0.4, -0.2) is 19.3 Å². The van der Waals surface area contributed by atoms with Crippen molar-refractivity contribution in [2.24, 2.45) is 0 Å². The summed E-state index contributed by atoms with van der Waals surface area (Å²) in [6, 6.07) is 14.4. The van der Waals surface area contributed by atoms with Gasteiger partial charge in [-0.1, -0.05) is 36.4 Å². The summed E-state index contributed by atoms with van der Waals surface area (Å²) in [7, 11) is -3.82. The highest BCUT2D eigenvalue weighted by atomic mass is 32.2. The summed E-state index contributed by atoms with van der Waals surface area (Å²) < 4.78 is 24.6. The Balaban J connectivity index is 1.61. The van der Waals surface area contributed by atoms with Crippen LogP contribution in [0.25, 0.3) is 11.3 Å². The molecule has 0 saturated carbocycles. The first-order valence-electron chi connectivity index (χ1n) is 8.23. The number of thiazole rings is 1. The molecule has 0 saturated heterocycles. The van der Waals surface area contributed by atoms with Crippen molar-refractivity contribution in [2.45, 2.75) is 25.2 Å². The molecule has 140 valence electrons. The van der Waals surface area contributed by atoms with E-state index in [4.69, 9.17) is 0 Å². The van der Waals surface area contributed by atoms with Gasteiger partial charge in [0.1, 0.15) is 5.01 Å². The molecule has 8 heteroatoms.